The third kappa shape index (κ3) is 1.97. The third-order valence-electron chi connectivity index (χ3n) is 0.733. The zero-order valence-corrected chi connectivity index (χ0v) is 4.81. The summed E-state index contributed by atoms with van der Waals surface area (Å²) >= 11 is 0. The first-order valence-electron chi connectivity index (χ1n) is 2.25. The fourth-order valence-corrected chi connectivity index (χ4v) is 0.315. The van der Waals surface area contributed by atoms with Crippen molar-refractivity contribution in [1.29, 1.82) is 5.39 Å². The highest BCUT2D eigenvalue weighted by Crippen LogP contribution is 2.05. The normalized spacial score (nSPS) is 11.7. The molecule has 0 aromatic carbocycles. The Labute approximate surface area is 51.5 Å². The number of diazo groups is 1. The van der Waals surface area contributed by atoms with Crippen molar-refractivity contribution in [2.24, 2.45) is 0 Å². The fourth-order valence-electron chi connectivity index (χ4n) is 0.315. The first-order valence-corrected chi connectivity index (χ1v) is 2.25. The van der Waals surface area contributed by atoms with E-state index >= 15 is 0 Å². The number of aliphatic hydroxyl groups excluding tert-OH is 2. The van der Waals surface area contributed by atoms with Gasteiger partial charge < -0.3 is 15.3 Å². The molecule has 0 spiro atoms. The molecular formula is C4H7N2O3+. The molecule has 0 aromatic heterocycles. The molecule has 5 heteroatoms. The van der Waals surface area contributed by atoms with Crippen LogP contribution in [0.2, 0.25) is 0 Å². The van der Waals surface area contributed by atoms with Crippen LogP contribution in [-0.4, -0.2) is 21.4 Å². The molecule has 0 rings (SSSR count). The Morgan fingerprint density at radius 2 is 2.00 bits per heavy atom. The molecule has 1 atom stereocenters. The van der Waals surface area contributed by atoms with Gasteiger partial charge in [-0.25, -0.2) is 0 Å². The smallest absolute Gasteiger partial charge is 0.467 e. The largest absolute Gasteiger partial charge is 0.475 e. The Morgan fingerprint density at radius 3 is 2.00 bits per heavy atom. The van der Waals surface area contributed by atoms with Gasteiger partial charge in [-0.2, -0.15) is 0 Å². The van der Waals surface area contributed by atoms with Crippen molar-refractivity contribution < 1.29 is 15.3 Å². The molecule has 0 heterocycles. The lowest BCUT2D eigenvalue weighted by Crippen LogP contribution is -2.03. The molecule has 3 N–H and O–H groups in total. The summed E-state index contributed by atoms with van der Waals surface area (Å²) in [6.45, 7) is 1.24. The van der Waals surface area contributed by atoms with Gasteiger partial charge in [0.1, 0.15) is 0 Å². The van der Waals surface area contributed by atoms with E-state index < -0.39 is 17.7 Å². The summed E-state index contributed by atoms with van der Waals surface area (Å²) in [5.74, 6) is -1.17. The zero-order chi connectivity index (χ0) is 7.44. The van der Waals surface area contributed by atoms with E-state index in [0.29, 0.717) is 0 Å². The van der Waals surface area contributed by atoms with E-state index in [0.717, 1.165) is 0 Å². The van der Waals surface area contributed by atoms with Crippen LogP contribution >= 0.6 is 0 Å². The van der Waals surface area contributed by atoms with Gasteiger partial charge in [0.2, 0.25) is 5.39 Å². The summed E-state index contributed by atoms with van der Waals surface area (Å²) in [5.41, 5.74) is -0.546. The number of rotatable bonds is 1. The summed E-state index contributed by atoms with van der Waals surface area (Å²) in [5, 5.41) is 32.9. The lowest BCUT2D eigenvalue weighted by molar-refractivity contribution is 0.161. The number of nitrogens with zero attached hydrogens (tertiary/aromatic N) is 2. The van der Waals surface area contributed by atoms with Gasteiger partial charge in [-0.15, -0.1) is 0 Å². The average molecular weight is 131 g/mol. The van der Waals surface area contributed by atoms with Crippen LogP contribution in [0.4, 0.5) is 0 Å². The summed E-state index contributed by atoms with van der Waals surface area (Å²) in [6.07, 6.45) is -1.18. The maximum atomic E-state index is 8.55. The molecule has 0 aliphatic heterocycles. The molecule has 50 valence electrons. The SMILES string of the molecule is CC(O)C([N+]#N)=C(O)O. The Kier molecular flexibility index (Phi) is 2.48. The van der Waals surface area contributed by atoms with Gasteiger partial charge in [0.15, 0.2) is 11.1 Å². The molecule has 0 bridgehead atoms. The molecule has 0 saturated carbocycles. The number of hydrogen-bond acceptors (Lipinski definition) is 4. The van der Waals surface area contributed by atoms with Crippen molar-refractivity contribution in [1.82, 2.24) is 0 Å². The van der Waals surface area contributed by atoms with Crippen LogP contribution in [0, 0.1) is 5.39 Å². The van der Waals surface area contributed by atoms with Crippen molar-refractivity contribution in [3.8, 4) is 0 Å². The Hall–Kier alpha value is -1.28. The summed E-state index contributed by atoms with van der Waals surface area (Å²) in [7, 11) is 0. The molecular weight excluding hydrogens is 124 g/mol. The second-order valence-electron chi connectivity index (χ2n) is 1.48. The highest BCUT2D eigenvalue weighted by molar-refractivity contribution is 5.12. The Balaban J connectivity index is 4.41. The minimum absolute atomic E-state index is 0.546. The Bertz CT molecular complexity index is 163. The highest BCUT2D eigenvalue weighted by Gasteiger charge is 2.24. The first-order chi connectivity index (χ1) is 4.09. The lowest BCUT2D eigenvalue weighted by atomic mass is 10.3. The minimum Gasteiger partial charge on any atom is -0.475 e. The Morgan fingerprint density at radius 1 is 1.56 bits per heavy atom. The molecule has 9 heavy (non-hydrogen) atoms. The lowest BCUT2D eigenvalue weighted by Gasteiger charge is -1.87. The number of aliphatic hydroxyl groups is 3. The topological polar surface area (TPSA) is 88.8 Å². The summed E-state index contributed by atoms with van der Waals surface area (Å²) < 4.78 is 0. The van der Waals surface area contributed by atoms with E-state index in [4.69, 9.17) is 20.7 Å². The molecule has 0 radical (unpaired) electrons. The maximum absolute atomic E-state index is 8.55. The predicted molar refractivity (Wildman–Crippen MR) is 29.0 cm³/mol. The van der Waals surface area contributed by atoms with Crippen LogP contribution in [0.3, 0.4) is 0 Å². The molecule has 0 aliphatic carbocycles. The fraction of sp³-hybridized carbons (Fsp3) is 0.500. The first kappa shape index (κ1) is 7.72. The van der Waals surface area contributed by atoms with Gasteiger partial charge >= 0.3 is 11.6 Å². The summed E-state index contributed by atoms with van der Waals surface area (Å²) in [4.78, 5) is 2.42. The van der Waals surface area contributed by atoms with Crippen molar-refractivity contribution in [2.45, 2.75) is 13.0 Å². The van der Waals surface area contributed by atoms with Crippen LogP contribution in [0.5, 0.6) is 0 Å². The second kappa shape index (κ2) is 2.89. The van der Waals surface area contributed by atoms with Crippen LogP contribution in [0.25, 0.3) is 4.98 Å². The molecule has 0 fully saturated rings. The van der Waals surface area contributed by atoms with E-state index in [-0.39, 0.29) is 0 Å². The molecule has 5 nitrogen and oxygen atoms in total. The third-order valence-corrected chi connectivity index (χ3v) is 0.733. The van der Waals surface area contributed by atoms with Crippen molar-refractivity contribution in [2.75, 3.05) is 0 Å². The molecule has 0 aliphatic rings. The average Bonchev–Trinajstić information content (AvgIpc) is 1.64. The maximum Gasteiger partial charge on any atom is 0.467 e. The molecule has 0 amide bonds. The molecule has 0 aromatic rings. The van der Waals surface area contributed by atoms with Gasteiger partial charge in [-0.1, -0.05) is 0 Å². The van der Waals surface area contributed by atoms with E-state index in [1.807, 2.05) is 0 Å². The van der Waals surface area contributed by atoms with E-state index in [1.54, 1.807) is 0 Å². The van der Waals surface area contributed by atoms with Gasteiger partial charge in [0, 0.05) is 0 Å². The van der Waals surface area contributed by atoms with Crippen molar-refractivity contribution in [3.63, 3.8) is 0 Å². The molecule has 0 saturated heterocycles. The van der Waals surface area contributed by atoms with Crippen LogP contribution < -0.4 is 0 Å². The van der Waals surface area contributed by atoms with Crippen LogP contribution in [0.15, 0.2) is 11.6 Å². The summed E-state index contributed by atoms with van der Waals surface area (Å²) in [6, 6.07) is 0. The highest BCUT2D eigenvalue weighted by atomic mass is 16.5. The second-order valence-corrected chi connectivity index (χ2v) is 1.48. The van der Waals surface area contributed by atoms with E-state index in [9.17, 15) is 0 Å². The standard InChI is InChI=1S/C4H6N2O3/c1-2(7)3(6-5)4(8)9/h2,7H,1H3,(H-,8,9)/p+1. The van der Waals surface area contributed by atoms with Gasteiger partial charge in [0.25, 0.3) is 0 Å². The van der Waals surface area contributed by atoms with Crippen LogP contribution in [-0.2, 0) is 0 Å². The quantitative estimate of drug-likeness (QED) is 0.357. The van der Waals surface area contributed by atoms with Crippen molar-refractivity contribution >= 4 is 0 Å². The van der Waals surface area contributed by atoms with Crippen molar-refractivity contribution in [3.05, 3.63) is 16.6 Å². The van der Waals surface area contributed by atoms with Crippen LogP contribution in [0.1, 0.15) is 6.92 Å². The monoisotopic (exact) mass is 131 g/mol. The number of hydrogen-bond donors (Lipinski definition) is 3. The van der Waals surface area contributed by atoms with E-state index in [1.165, 1.54) is 6.92 Å². The van der Waals surface area contributed by atoms with Gasteiger partial charge in [-0.05, 0) is 6.92 Å². The van der Waals surface area contributed by atoms with Gasteiger partial charge in [-0.3, -0.25) is 0 Å². The predicted octanol–water partition coefficient (Wildman–Crippen LogP) is 0.505. The van der Waals surface area contributed by atoms with Gasteiger partial charge in [0.05, 0.1) is 0 Å². The van der Waals surface area contributed by atoms with E-state index in [2.05, 4.69) is 4.98 Å². The zero-order valence-electron chi connectivity index (χ0n) is 4.81. The minimum atomic E-state index is -1.18. The molecule has 1 unspecified atom stereocenters.